The predicted octanol–water partition coefficient (Wildman–Crippen LogP) is 10.5. The maximum atomic E-state index is 11.8. The van der Waals surface area contributed by atoms with Gasteiger partial charge >= 0.3 is 0 Å². The summed E-state index contributed by atoms with van der Waals surface area (Å²) in [6.45, 7) is 13.3. The van der Waals surface area contributed by atoms with Crippen molar-refractivity contribution in [2.24, 2.45) is 0 Å². The van der Waals surface area contributed by atoms with Crippen molar-refractivity contribution in [3.8, 4) is 29.2 Å². The number of fused-ring (bicyclic) bond motifs is 13. The van der Waals surface area contributed by atoms with Gasteiger partial charge in [-0.05, 0) is 74.7 Å². The van der Waals surface area contributed by atoms with Gasteiger partial charge in [-0.15, -0.1) is 0 Å². The van der Waals surface area contributed by atoms with Crippen LogP contribution in [0.1, 0.15) is 63.8 Å². The van der Waals surface area contributed by atoms with E-state index in [0.29, 0.717) is 16.8 Å². The number of nitrogens with zero attached hydrogens (tertiary/aromatic N) is 5. The minimum atomic E-state index is -0.193. The zero-order valence-electron chi connectivity index (χ0n) is 33.4. The maximum absolute atomic E-state index is 11.8. The Kier molecular flexibility index (Phi) is 6.22. The third kappa shape index (κ3) is 3.95. The van der Waals surface area contributed by atoms with E-state index in [9.17, 15) is 10.5 Å². The normalized spacial score (nSPS) is 13.3. The topological polar surface area (TPSA) is 62.4 Å². The molecule has 2 aliphatic heterocycles. The molecule has 12 rings (SSSR count). The summed E-state index contributed by atoms with van der Waals surface area (Å²) in [5, 5.41) is 30.5. The second kappa shape index (κ2) is 10.9. The molecular formula is C52H38BN5. The zero-order chi connectivity index (χ0) is 39.6. The molecule has 0 aliphatic carbocycles. The number of aromatic nitrogens is 3. The summed E-state index contributed by atoms with van der Waals surface area (Å²) < 4.78 is 6.93. The fourth-order valence-corrected chi connectivity index (χ4v) is 10.6. The lowest BCUT2D eigenvalue weighted by Gasteiger charge is -2.35. The van der Waals surface area contributed by atoms with E-state index in [1.165, 1.54) is 22.1 Å². The second-order valence-corrected chi connectivity index (χ2v) is 18.4. The third-order valence-electron chi connectivity index (χ3n) is 13.2. The maximum Gasteiger partial charge on any atom is 0.252 e. The SMILES string of the molecule is CC(C)(C)c1ccc2c(c1)c1cc(C(C)(C)C)ccc1n2-c1c(C#N)c2c3c(c1C#N)-n1c4ccccc4c4cccc(c41)B3c1cccc3c4ccccc4n-2c13. The van der Waals surface area contributed by atoms with Gasteiger partial charge < -0.3 is 13.7 Å². The lowest BCUT2D eigenvalue weighted by atomic mass is 9.34. The lowest BCUT2D eigenvalue weighted by Crippen LogP contribution is -2.60. The average Bonchev–Trinajstić information content (AvgIpc) is 3.86. The van der Waals surface area contributed by atoms with Gasteiger partial charge in [0.2, 0.25) is 0 Å². The van der Waals surface area contributed by atoms with Crippen molar-refractivity contribution < 1.29 is 0 Å². The van der Waals surface area contributed by atoms with Crippen LogP contribution in [-0.2, 0) is 10.8 Å². The Labute approximate surface area is 336 Å². The zero-order valence-corrected chi connectivity index (χ0v) is 33.4. The summed E-state index contributed by atoms with van der Waals surface area (Å²) in [7, 11) is 0. The Hall–Kier alpha value is -7.02. The van der Waals surface area contributed by atoms with Crippen LogP contribution in [0.15, 0.2) is 121 Å². The van der Waals surface area contributed by atoms with E-state index < -0.39 is 0 Å². The van der Waals surface area contributed by atoms with E-state index in [4.69, 9.17) is 0 Å². The molecule has 0 bridgehead atoms. The van der Waals surface area contributed by atoms with Crippen LogP contribution in [0.3, 0.4) is 0 Å². The highest BCUT2D eigenvalue weighted by Crippen LogP contribution is 2.45. The van der Waals surface area contributed by atoms with Gasteiger partial charge in [-0.1, -0.05) is 126 Å². The Balaban J connectivity index is 1.36. The molecule has 58 heavy (non-hydrogen) atoms. The average molecular weight is 744 g/mol. The number of nitriles is 2. The summed E-state index contributed by atoms with van der Waals surface area (Å²) in [6.07, 6.45) is 0. The van der Waals surface area contributed by atoms with Crippen molar-refractivity contribution in [2.75, 3.05) is 0 Å². The molecule has 0 spiro atoms. The molecule has 0 atom stereocenters. The van der Waals surface area contributed by atoms with Crippen LogP contribution < -0.4 is 16.4 Å². The largest absolute Gasteiger partial charge is 0.309 e. The number of hydrogen-bond acceptors (Lipinski definition) is 2. The van der Waals surface area contributed by atoms with Gasteiger partial charge in [-0.3, -0.25) is 0 Å². The minimum Gasteiger partial charge on any atom is -0.309 e. The summed E-state index contributed by atoms with van der Waals surface area (Å²) >= 11 is 0. The summed E-state index contributed by atoms with van der Waals surface area (Å²) in [4.78, 5) is 0. The van der Waals surface area contributed by atoms with E-state index >= 15 is 0 Å². The third-order valence-corrected chi connectivity index (χ3v) is 13.2. The van der Waals surface area contributed by atoms with Crippen LogP contribution in [0.4, 0.5) is 0 Å². The first-order valence-corrected chi connectivity index (χ1v) is 20.2. The quantitative estimate of drug-likeness (QED) is 0.157. The first-order chi connectivity index (χ1) is 28.0. The van der Waals surface area contributed by atoms with Crippen molar-refractivity contribution in [1.29, 1.82) is 10.5 Å². The second-order valence-electron chi connectivity index (χ2n) is 18.4. The summed E-state index contributed by atoms with van der Waals surface area (Å²) in [5.41, 5.74) is 15.3. The highest BCUT2D eigenvalue weighted by molar-refractivity contribution is 7.00. The highest BCUT2D eigenvalue weighted by atomic mass is 15.1. The number of hydrogen-bond donors (Lipinski definition) is 0. The molecule has 0 amide bonds. The molecule has 5 heterocycles. The summed E-state index contributed by atoms with van der Waals surface area (Å²) in [6, 6.07) is 49.5. The van der Waals surface area contributed by atoms with Crippen LogP contribution in [0.25, 0.3) is 82.5 Å². The van der Waals surface area contributed by atoms with Gasteiger partial charge in [0, 0.05) is 43.4 Å². The molecule has 0 radical (unpaired) electrons. The van der Waals surface area contributed by atoms with E-state index in [-0.39, 0.29) is 17.5 Å². The van der Waals surface area contributed by atoms with E-state index in [2.05, 4.69) is 189 Å². The molecule has 0 N–H and O–H groups in total. The smallest absolute Gasteiger partial charge is 0.252 e. The summed E-state index contributed by atoms with van der Waals surface area (Å²) in [5.74, 6) is 0. The molecule has 10 aromatic rings. The lowest BCUT2D eigenvalue weighted by molar-refractivity contribution is 0.590. The molecule has 274 valence electrons. The number of rotatable bonds is 1. The van der Waals surface area contributed by atoms with Crippen LogP contribution in [0.5, 0.6) is 0 Å². The van der Waals surface area contributed by atoms with Crippen molar-refractivity contribution >= 4 is 88.5 Å². The molecule has 2 aliphatic rings. The monoisotopic (exact) mass is 743 g/mol. The standard InChI is InChI=1S/C52H38BN5/c1-51(2,3)29-21-23-43-35(25-29)36-26-30(52(4,5)6)22-24-44(36)56(43)46-37(27-54)49-45-50(38(46)28-55)58-42-20-10-8-14-32(42)34-16-12-18-40(48(34)58)53(45)39-17-11-15-33-31-13-7-9-19-41(31)57(49)47(33)39/h7-26H,1-6H3. The van der Waals surface area contributed by atoms with Crippen LogP contribution in [0.2, 0.25) is 0 Å². The van der Waals surface area contributed by atoms with Gasteiger partial charge in [0.25, 0.3) is 6.71 Å². The molecule has 0 unspecified atom stereocenters. The predicted molar refractivity (Wildman–Crippen MR) is 241 cm³/mol. The van der Waals surface area contributed by atoms with Gasteiger partial charge in [0.15, 0.2) is 0 Å². The Morgan fingerprint density at radius 2 is 0.845 bits per heavy atom. The van der Waals surface area contributed by atoms with Gasteiger partial charge in [-0.25, -0.2) is 0 Å². The molecule has 0 saturated heterocycles. The van der Waals surface area contributed by atoms with Crippen LogP contribution in [0, 0.1) is 22.7 Å². The van der Waals surface area contributed by atoms with Gasteiger partial charge in [0.05, 0.1) is 39.1 Å². The molecule has 5 nitrogen and oxygen atoms in total. The molecule has 3 aromatic heterocycles. The Morgan fingerprint density at radius 3 is 1.28 bits per heavy atom. The van der Waals surface area contributed by atoms with Crippen molar-refractivity contribution in [1.82, 2.24) is 13.7 Å². The van der Waals surface area contributed by atoms with Crippen LogP contribution in [-0.4, -0.2) is 20.4 Å². The minimum absolute atomic E-state index is 0.0760. The van der Waals surface area contributed by atoms with Gasteiger partial charge in [-0.2, -0.15) is 10.5 Å². The number of benzene rings is 7. The van der Waals surface area contributed by atoms with E-state index in [1.807, 2.05) is 0 Å². The fourth-order valence-electron chi connectivity index (χ4n) is 10.6. The number of para-hydroxylation sites is 4. The van der Waals surface area contributed by atoms with Gasteiger partial charge in [0.1, 0.15) is 23.3 Å². The molecule has 0 fully saturated rings. The van der Waals surface area contributed by atoms with Crippen molar-refractivity contribution in [3.63, 3.8) is 0 Å². The van der Waals surface area contributed by atoms with E-state index in [1.54, 1.807) is 0 Å². The van der Waals surface area contributed by atoms with E-state index in [0.717, 1.165) is 82.3 Å². The van der Waals surface area contributed by atoms with Crippen LogP contribution >= 0.6 is 0 Å². The molecule has 6 heteroatoms. The molecular weight excluding hydrogens is 705 g/mol. The highest BCUT2D eigenvalue weighted by Gasteiger charge is 2.44. The first kappa shape index (κ1) is 33.2. The first-order valence-electron chi connectivity index (χ1n) is 20.2. The molecule has 7 aromatic carbocycles. The van der Waals surface area contributed by atoms with Crippen molar-refractivity contribution in [2.45, 2.75) is 52.4 Å². The van der Waals surface area contributed by atoms with Crippen molar-refractivity contribution in [3.05, 3.63) is 144 Å². The molecule has 0 saturated carbocycles. The Morgan fingerprint density at radius 1 is 0.431 bits per heavy atom. The Bertz CT molecular complexity index is 3390. The fraction of sp³-hybridized carbons (Fsp3) is 0.154.